The van der Waals surface area contributed by atoms with E-state index in [1.807, 2.05) is 0 Å². The summed E-state index contributed by atoms with van der Waals surface area (Å²) in [5.41, 5.74) is -1.51. The average Bonchev–Trinajstić information content (AvgIpc) is 2.62. The van der Waals surface area contributed by atoms with Crippen LogP contribution in [0, 0.1) is 6.92 Å². The van der Waals surface area contributed by atoms with Gasteiger partial charge >= 0.3 is 17.1 Å². The molecule has 0 aliphatic heterocycles. The molecule has 29 heavy (non-hydrogen) atoms. The van der Waals surface area contributed by atoms with Crippen LogP contribution in [0.2, 0.25) is 0 Å². The molecule has 1 aromatic heterocycles. The number of hydrogen-bond donors (Lipinski definition) is 1. The Labute approximate surface area is 167 Å². The number of nitrogens with zero attached hydrogens (tertiary/aromatic N) is 2. The van der Waals surface area contributed by atoms with E-state index < -0.39 is 22.3 Å². The molecule has 3 rings (SSSR count). The van der Waals surface area contributed by atoms with Crippen LogP contribution < -0.4 is 21.8 Å². The Bertz CT molecular complexity index is 1220. The lowest BCUT2D eigenvalue weighted by molar-refractivity contribution is 0.129. The van der Waals surface area contributed by atoms with Crippen molar-refractivity contribution in [3.8, 4) is 17.2 Å². The molecule has 0 saturated heterocycles. The van der Waals surface area contributed by atoms with E-state index >= 15 is 0 Å². The summed E-state index contributed by atoms with van der Waals surface area (Å²) >= 11 is 0.445. The first kappa shape index (κ1) is 20.6. The number of halogens is 2. The zero-order chi connectivity index (χ0) is 21.3. The number of alkyl halides is 2. The average molecular weight is 421 g/mol. The molecule has 0 aliphatic carbocycles. The molecule has 1 N–H and O–H groups in total. The van der Waals surface area contributed by atoms with Crippen LogP contribution in [-0.4, -0.2) is 19.4 Å². The maximum absolute atomic E-state index is 13.1. The number of benzene rings is 2. The first-order chi connectivity index (χ1) is 13.5. The fourth-order valence-corrected chi connectivity index (χ4v) is 3.27. The summed E-state index contributed by atoms with van der Waals surface area (Å²) in [6.07, 6.45) is 0. The predicted octanol–water partition coefficient (Wildman–Crippen LogP) is 3.03. The Morgan fingerprint density at radius 1 is 1.03 bits per heavy atom. The smallest absolute Gasteiger partial charge is 0.340 e. The van der Waals surface area contributed by atoms with E-state index in [4.69, 9.17) is 4.74 Å². The fourth-order valence-electron chi connectivity index (χ4n) is 2.58. The van der Waals surface area contributed by atoms with Crippen LogP contribution in [0.3, 0.4) is 0 Å². The van der Waals surface area contributed by atoms with Crippen molar-refractivity contribution in [1.29, 1.82) is 0 Å². The van der Waals surface area contributed by atoms with E-state index in [1.54, 1.807) is 31.2 Å². The SMILES string of the molecule is Cc1cc(-n2c(=O)[nH]c(=O)n(C)c2=O)ccc1Oc1ccc(SC(C)(F)F)cc1. The van der Waals surface area contributed by atoms with Gasteiger partial charge in [-0.2, -0.15) is 8.78 Å². The van der Waals surface area contributed by atoms with Gasteiger partial charge in [0.15, 0.2) is 0 Å². The van der Waals surface area contributed by atoms with Gasteiger partial charge in [0.25, 0.3) is 5.25 Å². The van der Waals surface area contributed by atoms with Crippen LogP contribution in [0.4, 0.5) is 8.78 Å². The summed E-state index contributed by atoms with van der Waals surface area (Å²) in [5, 5.41) is -2.87. The van der Waals surface area contributed by atoms with E-state index in [-0.39, 0.29) is 5.69 Å². The lowest BCUT2D eigenvalue weighted by Crippen LogP contribution is -2.47. The first-order valence-corrected chi connectivity index (χ1v) is 9.25. The highest BCUT2D eigenvalue weighted by atomic mass is 32.2. The van der Waals surface area contributed by atoms with Crippen molar-refractivity contribution in [1.82, 2.24) is 14.1 Å². The standard InChI is InChI=1S/C19H17F2N3O4S/c1-11-10-12(24-17(26)22-16(25)23(3)18(24)27)4-9-15(11)28-13-5-7-14(8-6-13)29-19(2,20)21/h4-10H,1-3H3,(H,22,25,26). The van der Waals surface area contributed by atoms with Crippen molar-refractivity contribution in [2.24, 2.45) is 7.05 Å². The van der Waals surface area contributed by atoms with Gasteiger partial charge in [0.2, 0.25) is 0 Å². The minimum Gasteiger partial charge on any atom is -0.457 e. The number of aromatic amines is 1. The van der Waals surface area contributed by atoms with Crippen LogP contribution in [0.5, 0.6) is 11.5 Å². The molecule has 0 spiro atoms. The summed E-state index contributed by atoms with van der Waals surface area (Å²) in [4.78, 5) is 38.3. The lowest BCUT2D eigenvalue weighted by atomic mass is 10.2. The van der Waals surface area contributed by atoms with Crippen molar-refractivity contribution < 1.29 is 13.5 Å². The van der Waals surface area contributed by atoms with Gasteiger partial charge in [0.05, 0.1) is 5.69 Å². The van der Waals surface area contributed by atoms with Crippen molar-refractivity contribution in [3.05, 3.63) is 79.5 Å². The zero-order valence-corrected chi connectivity index (χ0v) is 16.5. The molecule has 0 bridgehead atoms. The third-order valence-electron chi connectivity index (χ3n) is 3.97. The monoisotopic (exact) mass is 421 g/mol. The summed E-state index contributed by atoms with van der Waals surface area (Å²) in [6, 6.07) is 10.9. The minimum absolute atomic E-state index is 0.272. The van der Waals surface area contributed by atoms with E-state index in [0.29, 0.717) is 33.7 Å². The molecular formula is C19H17F2N3O4S. The summed E-state index contributed by atoms with van der Waals surface area (Å²) in [7, 11) is 1.26. The van der Waals surface area contributed by atoms with Crippen LogP contribution in [0.15, 0.2) is 61.7 Å². The topological polar surface area (TPSA) is 86.1 Å². The van der Waals surface area contributed by atoms with Crippen LogP contribution >= 0.6 is 11.8 Å². The highest BCUT2D eigenvalue weighted by Gasteiger charge is 2.22. The zero-order valence-electron chi connectivity index (χ0n) is 15.7. The van der Waals surface area contributed by atoms with Gasteiger partial charge < -0.3 is 4.74 Å². The van der Waals surface area contributed by atoms with Gasteiger partial charge in [0.1, 0.15) is 11.5 Å². The first-order valence-electron chi connectivity index (χ1n) is 8.43. The highest BCUT2D eigenvalue weighted by Crippen LogP contribution is 2.36. The molecule has 152 valence electrons. The van der Waals surface area contributed by atoms with Crippen molar-refractivity contribution in [2.75, 3.05) is 0 Å². The number of aryl methyl sites for hydroxylation is 1. The third-order valence-corrected chi connectivity index (χ3v) is 4.83. The fraction of sp³-hybridized carbons (Fsp3) is 0.211. The van der Waals surface area contributed by atoms with Crippen LogP contribution in [-0.2, 0) is 7.05 Å². The largest absolute Gasteiger partial charge is 0.457 e. The number of rotatable bonds is 5. The maximum Gasteiger partial charge on any atom is 0.340 e. The van der Waals surface area contributed by atoms with E-state index in [2.05, 4.69) is 4.98 Å². The number of ether oxygens (including phenoxy) is 1. The number of nitrogens with one attached hydrogen (secondary N) is 1. The molecule has 0 unspecified atom stereocenters. The highest BCUT2D eigenvalue weighted by molar-refractivity contribution is 8.00. The molecule has 0 aliphatic rings. The Kier molecular flexibility index (Phi) is 5.47. The Hall–Kier alpha value is -3.14. The quantitative estimate of drug-likeness (QED) is 0.640. The summed E-state index contributed by atoms with van der Waals surface area (Å²) < 4.78 is 33.5. The van der Waals surface area contributed by atoms with Crippen molar-refractivity contribution in [3.63, 3.8) is 0 Å². The molecule has 0 saturated carbocycles. The van der Waals surface area contributed by atoms with Gasteiger partial charge in [0, 0.05) is 18.9 Å². The molecule has 0 radical (unpaired) electrons. The molecule has 2 aromatic carbocycles. The Morgan fingerprint density at radius 3 is 2.28 bits per heavy atom. The van der Waals surface area contributed by atoms with E-state index in [9.17, 15) is 23.2 Å². The normalized spacial score (nSPS) is 11.5. The second kappa shape index (κ2) is 7.70. The predicted molar refractivity (Wildman–Crippen MR) is 106 cm³/mol. The van der Waals surface area contributed by atoms with E-state index in [0.717, 1.165) is 16.1 Å². The molecule has 0 atom stereocenters. The second-order valence-corrected chi connectivity index (χ2v) is 7.74. The van der Waals surface area contributed by atoms with Gasteiger partial charge in [-0.1, -0.05) is 11.8 Å². The molecular weight excluding hydrogens is 404 g/mol. The number of thioether (sulfide) groups is 1. The van der Waals surface area contributed by atoms with Crippen LogP contribution in [0.25, 0.3) is 5.69 Å². The molecule has 7 nitrogen and oxygen atoms in total. The van der Waals surface area contributed by atoms with Crippen molar-refractivity contribution >= 4 is 11.8 Å². The van der Waals surface area contributed by atoms with Gasteiger partial charge in [-0.25, -0.2) is 23.5 Å². The third kappa shape index (κ3) is 4.65. The Balaban J connectivity index is 1.88. The number of aromatic nitrogens is 3. The van der Waals surface area contributed by atoms with Gasteiger partial charge in [-0.15, -0.1) is 0 Å². The second-order valence-electron chi connectivity index (χ2n) is 6.35. The molecule has 1 heterocycles. The Morgan fingerprint density at radius 2 is 1.69 bits per heavy atom. The van der Waals surface area contributed by atoms with E-state index in [1.165, 1.54) is 25.2 Å². The van der Waals surface area contributed by atoms with Gasteiger partial charge in [-0.3, -0.25) is 4.98 Å². The molecule has 10 heteroatoms. The molecule has 3 aromatic rings. The summed E-state index contributed by atoms with van der Waals surface area (Å²) in [6.45, 7) is 2.55. The maximum atomic E-state index is 13.1. The minimum atomic E-state index is -2.87. The number of H-pyrrole nitrogens is 1. The van der Waals surface area contributed by atoms with Crippen molar-refractivity contribution in [2.45, 2.75) is 24.0 Å². The molecule has 0 fully saturated rings. The number of hydrogen-bond acceptors (Lipinski definition) is 5. The summed E-state index contributed by atoms with van der Waals surface area (Å²) in [5.74, 6) is 0.908. The van der Waals surface area contributed by atoms with Crippen LogP contribution in [0.1, 0.15) is 12.5 Å². The molecule has 0 amide bonds. The van der Waals surface area contributed by atoms with Gasteiger partial charge in [-0.05, 0) is 55.0 Å². The lowest BCUT2D eigenvalue weighted by Gasteiger charge is -2.13.